The summed E-state index contributed by atoms with van der Waals surface area (Å²) >= 11 is 0. The Labute approximate surface area is 91.1 Å². The van der Waals surface area contributed by atoms with E-state index in [2.05, 4.69) is 9.89 Å². The van der Waals surface area contributed by atoms with Gasteiger partial charge in [0.1, 0.15) is 23.1 Å². The van der Waals surface area contributed by atoms with Crippen LogP contribution in [0.3, 0.4) is 0 Å². The molecule has 0 amide bonds. The van der Waals surface area contributed by atoms with E-state index >= 15 is 0 Å². The number of oxime groups is 1. The summed E-state index contributed by atoms with van der Waals surface area (Å²) in [7, 11) is 2.62. The monoisotopic (exact) mass is 231 g/mol. The third-order valence-corrected chi connectivity index (χ3v) is 1.94. The normalized spacial score (nSPS) is 11.6. The van der Waals surface area contributed by atoms with E-state index < -0.39 is 17.2 Å². The first kappa shape index (κ1) is 12.4. The van der Waals surface area contributed by atoms with Crippen molar-refractivity contribution in [1.29, 1.82) is 0 Å². The Hall–Kier alpha value is -1.69. The largest absolute Gasteiger partial charge is 0.497 e. The topological polar surface area (TPSA) is 51.0 Å². The fourth-order valence-electron chi connectivity index (χ4n) is 1.23. The first-order chi connectivity index (χ1) is 7.63. The number of rotatable bonds is 4. The molecule has 0 unspecified atom stereocenters. The molecule has 4 nitrogen and oxygen atoms in total. The van der Waals surface area contributed by atoms with Crippen molar-refractivity contribution in [3.8, 4) is 5.75 Å². The van der Waals surface area contributed by atoms with E-state index in [0.717, 1.165) is 12.1 Å². The zero-order chi connectivity index (χ0) is 12.1. The average molecular weight is 231 g/mol. The molecule has 0 radical (unpaired) electrons. The minimum atomic E-state index is -0.873. The number of halogens is 2. The van der Waals surface area contributed by atoms with E-state index in [-0.39, 0.29) is 18.1 Å². The van der Waals surface area contributed by atoms with Crippen molar-refractivity contribution < 1.29 is 23.5 Å². The van der Waals surface area contributed by atoms with E-state index in [9.17, 15) is 8.78 Å². The molecule has 0 aliphatic carbocycles. The number of methoxy groups -OCH3 is 2. The van der Waals surface area contributed by atoms with Crippen LogP contribution in [0.15, 0.2) is 17.3 Å². The van der Waals surface area contributed by atoms with Gasteiger partial charge in [0.15, 0.2) is 0 Å². The van der Waals surface area contributed by atoms with Crippen LogP contribution in [-0.2, 0) is 4.74 Å². The minimum absolute atomic E-state index is 0.0495. The van der Waals surface area contributed by atoms with Crippen LogP contribution in [0, 0.1) is 11.6 Å². The molecule has 1 N–H and O–H groups in total. The number of hydrogen-bond donors (Lipinski definition) is 1. The number of ether oxygens (including phenoxy) is 2. The first-order valence-corrected chi connectivity index (χ1v) is 4.37. The van der Waals surface area contributed by atoms with Gasteiger partial charge in [0, 0.05) is 19.2 Å². The molecule has 1 aromatic carbocycles. The summed E-state index contributed by atoms with van der Waals surface area (Å²) in [6, 6.07) is 2.00. The number of benzene rings is 1. The molecule has 16 heavy (non-hydrogen) atoms. The van der Waals surface area contributed by atoms with Gasteiger partial charge in [-0.3, -0.25) is 0 Å². The van der Waals surface area contributed by atoms with Gasteiger partial charge in [0.05, 0.1) is 19.3 Å². The third-order valence-electron chi connectivity index (χ3n) is 1.94. The van der Waals surface area contributed by atoms with Crippen molar-refractivity contribution >= 4 is 5.71 Å². The predicted octanol–water partition coefficient (Wildman–Crippen LogP) is 1.80. The molecular weight excluding hydrogens is 220 g/mol. The molecule has 0 bridgehead atoms. The van der Waals surface area contributed by atoms with Gasteiger partial charge >= 0.3 is 0 Å². The summed E-state index contributed by atoms with van der Waals surface area (Å²) < 4.78 is 36.3. The van der Waals surface area contributed by atoms with Crippen LogP contribution < -0.4 is 4.74 Å². The van der Waals surface area contributed by atoms with Gasteiger partial charge in [0.25, 0.3) is 0 Å². The lowest BCUT2D eigenvalue weighted by atomic mass is 10.1. The summed E-state index contributed by atoms with van der Waals surface area (Å²) in [5.74, 6) is -1.70. The van der Waals surface area contributed by atoms with Crippen LogP contribution in [0.1, 0.15) is 5.56 Å². The fourth-order valence-corrected chi connectivity index (χ4v) is 1.23. The Kier molecular flexibility index (Phi) is 4.19. The van der Waals surface area contributed by atoms with Crippen molar-refractivity contribution in [1.82, 2.24) is 0 Å². The molecular formula is C10H11F2NO3. The van der Waals surface area contributed by atoms with Crippen LogP contribution in [-0.4, -0.2) is 31.7 Å². The third kappa shape index (κ3) is 2.46. The summed E-state index contributed by atoms with van der Waals surface area (Å²) in [4.78, 5) is 0. The Bertz CT molecular complexity index is 384. The van der Waals surface area contributed by atoms with Crippen molar-refractivity contribution in [2.24, 2.45) is 5.16 Å². The summed E-state index contributed by atoms with van der Waals surface area (Å²) in [5.41, 5.74) is -0.648. The lowest BCUT2D eigenvalue weighted by Gasteiger charge is -2.08. The molecule has 0 aliphatic heterocycles. The minimum Gasteiger partial charge on any atom is -0.497 e. The second kappa shape index (κ2) is 5.41. The van der Waals surface area contributed by atoms with Crippen LogP contribution in [0.25, 0.3) is 0 Å². The Morgan fingerprint density at radius 2 is 1.88 bits per heavy atom. The molecule has 0 aromatic heterocycles. The lowest BCUT2D eigenvalue weighted by Crippen LogP contribution is -2.13. The highest BCUT2D eigenvalue weighted by Crippen LogP contribution is 2.21. The molecule has 0 saturated heterocycles. The molecule has 0 saturated carbocycles. The zero-order valence-electron chi connectivity index (χ0n) is 8.83. The highest BCUT2D eigenvalue weighted by molar-refractivity contribution is 6.01. The molecule has 0 spiro atoms. The molecule has 88 valence electrons. The van der Waals surface area contributed by atoms with Gasteiger partial charge in [0.2, 0.25) is 0 Å². The van der Waals surface area contributed by atoms with Gasteiger partial charge in [-0.25, -0.2) is 8.78 Å². The second-order valence-corrected chi connectivity index (χ2v) is 2.95. The highest BCUT2D eigenvalue weighted by Gasteiger charge is 2.17. The zero-order valence-corrected chi connectivity index (χ0v) is 8.83. The van der Waals surface area contributed by atoms with E-state index in [1.165, 1.54) is 14.2 Å². The SMILES string of the molecule is COC/C(=N\O)c1c(F)cc(OC)cc1F. The molecule has 6 heteroatoms. The van der Waals surface area contributed by atoms with Crippen molar-refractivity contribution in [2.75, 3.05) is 20.8 Å². The Morgan fingerprint density at radius 1 is 1.31 bits per heavy atom. The maximum atomic E-state index is 13.5. The van der Waals surface area contributed by atoms with E-state index in [4.69, 9.17) is 9.94 Å². The molecule has 0 aliphatic rings. The molecule has 0 atom stereocenters. The molecule has 1 aromatic rings. The maximum Gasteiger partial charge on any atom is 0.139 e. The lowest BCUT2D eigenvalue weighted by molar-refractivity contribution is 0.237. The quantitative estimate of drug-likeness (QED) is 0.488. The number of hydrogen-bond acceptors (Lipinski definition) is 4. The molecule has 1 rings (SSSR count). The van der Waals surface area contributed by atoms with Crippen molar-refractivity contribution in [3.63, 3.8) is 0 Å². The van der Waals surface area contributed by atoms with Gasteiger partial charge in [-0.15, -0.1) is 0 Å². The van der Waals surface area contributed by atoms with Gasteiger partial charge in [-0.05, 0) is 0 Å². The standard InChI is InChI=1S/C10H11F2NO3/c1-15-5-9(13-14)10-7(11)3-6(16-2)4-8(10)12/h3-4,14H,5H2,1-2H3/b13-9+. The average Bonchev–Trinajstić information content (AvgIpc) is 2.26. The van der Waals surface area contributed by atoms with Crippen LogP contribution in [0.2, 0.25) is 0 Å². The van der Waals surface area contributed by atoms with Crippen LogP contribution in [0.5, 0.6) is 5.75 Å². The second-order valence-electron chi connectivity index (χ2n) is 2.95. The summed E-state index contributed by atoms with van der Waals surface area (Å²) in [6.07, 6.45) is 0. The van der Waals surface area contributed by atoms with Gasteiger partial charge in [-0.2, -0.15) is 0 Å². The van der Waals surface area contributed by atoms with E-state index in [1.807, 2.05) is 0 Å². The van der Waals surface area contributed by atoms with E-state index in [0.29, 0.717) is 0 Å². The summed E-state index contributed by atoms with van der Waals surface area (Å²) in [5, 5.41) is 11.4. The van der Waals surface area contributed by atoms with Crippen molar-refractivity contribution in [3.05, 3.63) is 29.3 Å². The Balaban J connectivity index is 3.23. The van der Waals surface area contributed by atoms with Crippen molar-refractivity contribution in [2.45, 2.75) is 0 Å². The van der Waals surface area contributed by atoms with Crippen LogP contribution in [0.4, 0.5) is 8.78 Å². The van der Waals surface area contributed by atoms with E-state index in [1.54, 1.807) is 0 Å². The van der Waals surface area contributed by atoms with Crippen LogP contribution >= 0.6 is 0 Å². The number of nitrogens with zero attached hydrogens (tertiary/aromatic N) is 1. The fraction of sp³-hybridized carbons (Fsp3) is 0.300. The smallest absolute Gasteiger partial charge is 0.139 e. The predicted molar refractivity (Wildman–Crippen MR) is 53.1 cm³/mol. The van der Waals surface area contributed by atoms with Gasteiger partial charge in [-0.1, -0.05) is 5.16 Å². The molecule has 0 heterocycles. The van der Waals surface area contributed by atoms with Gasteiger partial charge < -0.3 is 14.7 Å². The maximum absolute atomic E-state index is 13.5. The summed E-state index contributed by atoms with van der Waals surface area (Å²) in [6.45, 7) is -0.198. The first-order valence-electron chi connectivity index (χ1n) is 4.37. The Morgan fingerprint density at radius 3 is 2.25 bits per heavy atom. The highest BCUT2D eigenvalue weighted by atomic mass is 19.1. The molecule has 0 fully saturated rings.